The molecule has 1 fully saturated rings. The van der Waals surface area contributed by atoms with Gasteiger partial charge in [-0.05, 0) is 25.0 Å². The quantitative estimate of drug-likeness (QED) is 0.885. The van der Waals surface area contributed by atoms with Crippen LogP contribution in [0.5, 0.6) is 11.6 Å². The lowest BCUT2D eigenvalue weighted by atomic mass is 10.3. The molecule has 3 rings (SSSR count). The summed E-state index contributed by atoms with van der Waals surface area (Å²) in [5, 5.41) is 5.42. The van der Waals surface area contributed by atoms with Crippen molar-refractivity contribution >= 4 is 23.3 Å². The average molecular weight is 312 g/mol. The highest BCUT2D eigenvalue weighted by Crippen LogP contribution is 2.30. The average Bonchev–Trinajstić information content (AvgIpc) is 3.32. The summed E-state index contributed by atoms with van der Waals surface area (Å²) in [6.45, 7) is 1.44. The topological polar surface area (TPSA) is 93.2 Å². The van der Waals surface area contributed by atoms with Gasteiger partial charge in [0.1, 0.15) is 17.9 Å². The maximum atomic E-state index is 11.7. The van der Waals surface area contributed by atoms with Gasteiger partial charge in [0.25, 0.3) is 0 Å². The van der Waals surface area contributed by atoms with Gasteiger partial charge in [-0.1, -0.05) is 6.07 Å². The fourth-order valence-corrected chi connectivity index (χ4v) is 2.00. The summed E-state index contributed by atoms with van der Waals surface area (Å²) < 4.78 is 5.65. The van der Waals surface area contributed by atoms with Crippen LogP contribution in [0, 0.1) is 5.92 Å². The van der Waals surface area contributed by atoms with Crippen molar-refractivity contribution in [2.45, 2.75) is 19.8 Å². The van der Waals surface area contributed by atoms with Crippen molar-refractivity contribution in [1.29, 1.82) is 0 Å². The third kappa shape index (κ3) is 4.26. The van der Waals surface area contributed by atoms with Crippen LogP contribution in [-0.2, 0) is 9.59 Å². The maximum absolute atomic E-state index is 11.7. The first-order valence-corrected chi connectivity index (χ1v) is 7.28. The number of carbonyl (C=O) groups is 2. The molecular weight excluding hydrogens is 296 g/mol. The SMILES string of the molecule is CC(=O)Nc1cccc(Oc2cc(NC(=O)C3CC3)ncn2)c1. The van der Waals surface area contributed by atoms with Gasteiger partial charge < -0.3 is 15.4 Å². The number of anilines is 2. The lowest BCUT2D eigenvalue weighted by Crippen LogP contribution is -2.14. The van der Waals surface area contributed by atoms with E-state index in [9.17, 15) is 9.59 Å². The van der Waals surface area contributed by atoms with Crippen molar-refractivity contribution in [3.63, 3.8) is 0 Å². The van der Waals surface area contributed by atoms with E-state index < -0.39 is 0 Å². The van der Waals surface area contributed by atoms with Gasteiger partial charge in [0.2, 0.25) is 17.7 Å². The molecule has 0 saturated heterocycles. The fourth-order valence-electron chi connectivity index (χ4n) is 2.00. The lowest BCUT2D eigenvalue weighted by molar-refractivity contribution is -0.117. The van der Waals surface area contributed by atoms with E-state index >= 15 is 0 Å². The Balaban J connectivity index is 1.69. The Kier molecular flexibility index (Phi) is 4.18. The van der Waals surface area contributed by atoms with Crippen LogP contribution < -0.4 is 15.4 Å². The molecule has 2 N–H and O–H groups in total. The summed E-state index contributed by atoms with van der Waals surface area (Å²) in [6.07, 6.45) is 3.18. The normalized spacial score (nSPS) is 13.3. The van der Waals surface area contributed by atoms with Gasteiger partial charge in [-0.15, -0.1) is 0 Å². The van der Waals surface area contributed by atoms with Gasteiger partial charge in [-0.25, -0.2) is 9.97 Å². The Morgan fingerprint density at radius 3 is 2.74 bits per heavy atom. The molecule has 0 radical (unpaired) electrons. The molecule has 23 heavy (non-hydrogen) atoms. The standard InChI is InChI=1S/C16H16N4O3/c1-10(21)19-12-3-2-4-13(7-12)23-15-8-14(17-9-18-15)20-16(22)11-5-6-11/h2-4,7-9,11H,5-6H2,1H3,(H,19,21)(H,17,18,20,22). The van der Waals surface area contributed by atoms with Crippen LogP contribution in [0.4, 0.5) is 11.5 Å². The molecule has 2 aromatic rings. The lowest BCUT2D eigenvalue weighted by Gasteiger charge is -2.08. The first kappa shape index (κ1) is 15.0. The Hall–Kier alpha value is -2.96. The van der Waals surface area contributed by atoms with E-state index in [4.69, 9.17) is 4.74 Å². The van der Waals surface area contributed by atoms with Crippen LogP contribution in [-0.4, -0.2) is 21.8 Å². The van der Waals surface area contributed by atoms with Crippen molar-refractivity contribution in [2.24, 2.45) is 5.92 Å². The van der Waals surface area contributed by atoms with Gasteiger partial charge in [0.15, 0.2) is 0 Å². The molecule has 1 aromatic heterocycles. The molecule has 0 aliphatic heterocycles. The van der Waals surface area contributed by atoms with Crippen molar-refractivity contribution in [2.75, 3.05) is 10.6 Å². The highest BCUT2D eigenvalue weighted by Gasteiger charge is 2.29. The van der Waals surface area contributed by atoms with Crippen molar-refractivity contribution < 1.29 is 14.3 Å². The molecule has 1 saturated carbocycles. The zero-order chi connectivity index (χ0) is 16.2. The molecular formula is C16H16N4O3. The van der Waals surface area contributed by atoms with E-state index in [0.29, 0.717) is 23.1 Å². The molecule has 1 heterocycles. The highest BCUT2D eigenvalue weighted by atomic mass is 16.5. The number of benzene rings is 1. The van der Waals surface area contributed by atoms with E-state index in [1.165, 1.54) is 13.3 Å². The van der Waals surface area contributed by atoms with E-state index in [0.717, 1.165) is 12.8 Å². The predicted octanol–water partition coefficient (Wildman–Crippen LogP) is 2.58. The number of hydrogen-bond donors (Lipinski definition) is 2. The summed E-state index contributed by atoms with van der Waals surface area (Å²) >= 11 is 0. The van der Waals surface area contributed by atoms with E-state index in [2.05, 4.69) is 20.6 Å². The summed E-state index contributed by atoms with van der Waals surface area (Å²) in [4.78, 5) is 30.8. The predicted molar refractivity (Wildman–Crippen MR) is 84.2 cm³/mol. The maximum Gasteiger partial charge on any atom is 0.228 e. The minimum atomic E-state index is -0.158. The smallest absolute Gasteiger partial charge is 0.228 e. The van der Waals surface area contributed by atoms with Gasteiger partial charge in [-0.2, -0.15) is 0 Å². The molecule has 0 atom stereocenters. The first-order valence-electron chi connectivity index (χ1n) is 7.28. The number of aromatic nitrogens is 2. The largest absolute Gasteiger partial charge is 0.439 e. The minimum absolute atomic E-state index is 0.0256. The number of rotatable bonds is 5. The molecule has 118 valence electrons. The van der Waals surface area contributed by atoms with Crippen molar-refractivity contribution in [3.05, 3.63) is 36.7 Å². The number of hydrogen-bond acceptors (Lipinski definition) is 5. The van der Waals surface area contributed by atoms with Gasteiger partial charge >= 0.3 is 0 Å². The third-order valence-corrected chi connectivity index (χ3v) is 3.22. The first-order chi connectivity index (χ1) is 11.1. The van der Waals surface area contributed by atoms with E-state index in [1.54, 1.807) is 30.3 Å². The van der Waals surface area contributed by atoms with Crippen LogP contribution in [0.3, 0.4) is 0 Å². The summed E-state index contributed by atoms with van der Waals surface area (Å²) in [5.41, 5.74) is 0.631. The summed E-state index contributed by atoms with van der Waals surface area (Å²) in [6, 6.07) is 8.51. The summed E-state index contributed by atoms with van der Waals surface area (Å²) in [7, 11) is 0. The molecule has 0 bridgehead atoms. The molecule has 1 aromatic carbocycles. The number of ether oxygens (including phenoxy) is 1. The molecule has 2 amide bonds. The number of nitrogens with one attached hydrogen (secondary N) is 2. The minimum Gasteiger partial charge on any atom is -0.439 e. The molecule has 0 spiro atoms. The van der Waals surface area contributed by atoms with Gasteiger partial charge in [0, 0.05) is 30.7 Å². The second-order valence-corrected chi connectivity index (χ2v) is 5.32. The number of nitrogens with zero attached hydrogens (tertiary/aromatic N) is 2. The molecule has 7 nitrogen and oxygen atoms in total. The summed E-state index contributed by atoms with van der Waals surface area (Å²) in [5.74, 6) is 1.16. The monoisotopic (exact) mass is 312 g/mol. The molecule has 1 aliphatic carbocycles. The van der Waals surface area contributed by atoms with E-state index in [-0.39, 0.29) is 17.7 Å². The molecule has 1 aliphatic rings. The molecule has 7 heteroatoms. The Labute approximate surface area is 133 Å². The van der Waals surface area contributed by atoms with Crippen LogP contribution in [0.1, 0.15) is 19.8 Å². The Morgan fingerprint density at radius 1 is 1.17 bits per heavy atom. The Morgan fingerprint density at radius 2 is 2.00 bits per heavy atom. The van der Waals surface area contributed by atoms with Gasteiger partial charge in [-0.3, -0.25) is 9.59 Å². The van der Waals surface area contributed by atoms with Gasteiger partial charge in [0.05, 0.1) is 0 Å². The van der Waals surface area contributed by atoms with Crippen LogP contribution >= 0.6 is 0 Å². The van der Waals surface area contributed by atoms with Crippen LogP contribution in [0.25, 0.3) is 0 Å². The second-order valence-electron chi connectivity index (χ2n) is 5.32. The van der Waals surface area contributed by atoms with Crippen molar-refractivity contribution in [3.8, 4) is 11.6 Å². The fraction of sp³-hybridized carbons (Fsp3) is 0.250. The molecule has 0 unspecified atom stereocenters. The zero-order valence-electron chi connectivity index (χ0n) is 12.6. The zero-order valence-corrected chi connectivity index (χ0v) is 12.6. The van der Waals surface area contributed by atoms with Crippen molar-refractivity contribution in [1.82, 2.24) is 9.97 Å². The number of amides is 2. The van der Waals surface area contributed by atoms with Crippen LogP contribution in [0.15, 0.2) is 36.7 Å². The second kappa shape index (κ2) is 6.43. The van der Waals surface area contributed by atoms with E-state index in [1.807, 2.05) is 0 Å². The Bertz CT molecular complexity index is 744. The van der Waals surface area contributed by atoms with Crippen LogP contribution in [0.2, 0.25) is 0 Å². The number of carbonyl (C=O) groups excluding carboxylic acids is 2. The highest BCUT2D eigenvalue weighted by molar-refractivity contribution is 5.93. The third-order valence-electron chi connectivity index (χ3n) is 3.22.